The van der Waals surface area contributed by atoms with Crippen LogP contribution in [0.4, 0.5) is 5.82 Å². The predicted octanol–water partition coefficient (Wildman–Crippen LogP) is 2.28. The van der Waals surface area contributed by atoms with E-state index in [-0.39, 0.29) is 0 Å². The van der Waals surface area contributed by atoms with Crippen LogP contribution in [-0.2, 0) is 6.54 Å². The zero-order valence-electron chi connectivity index (χ0n) is 10.9. The summed E-state index contributed by atoms with van der Waals surface area (Å²) in [5.74, 6) is 1.02. The molecule has 4 nitrogen and oxygen atoms in total. The minimum atomic E-state index is 0.384. The van der Waals surface area contributed by atoms with Crippen molar-refractivity contribution in [1.82, 2.24) is 9.97 Å². The summed E-state index contributed by atoms with van der Waals surface area (Å²) >= 11 is 0. The number of pyridine rings is 2. The van der Waals surface area contributed by atoms with E-state index in [9.17, 15) is 0 Å². The van der Waals surface area contributed by atoms with Crippen molar-refractivity contribution in [2.45, 2.75) is 25.4 Å². The van der Waals surface area contributed by atoms with Crippen molar-refractivity contribution in [2.75, 3.05) is 11.4 Å². The minimum Gasteiger partial charge on any atom is -0.350 e. The molecule has 1 aliphatic rings. The zero-order chi connectivity index (χ0) is 13.1. The van der Waals surface area contributed by atoms with Crippen LogP contribution < -0.4 is 10.6 Å². The average Bonchev–Trinajstić information content (AvgIpc) is 2.98. The van der Waals surface area contributed by atoms with Crippen molar-refractivity contribution in [1.29, 1.82) is 0 Å². The van der Waals surface area contributed by atoms with Gasteiger partial charge < -0.3 is 10.6 Å². The van der Waals surface area contributed by atoms with Crippen LogP contribution in [0.15, 0.2) is 42.7 Å². The standard InChI is InChI=1S/C15H18N4/c16-10-13-5-1-7-15(18-13)19-9-3-6-14(19)12-4-2-8-17-11-12/h1-2,4-5,7-8,11,14H,3,6,9-10,16H2. The van der Waals surface area contributed by atoms with Crippen LogP contribution in [0.25, 0.3) is 0 Å². The van der Waals surface area contributed by atoms with E-state index in [0.29, 0.717) is 12.6 Å². The molecule has 2 aromatic rings. The van der Waals surface area contributed by atoms with Crippen LogP contribution in [0.2, 0.25) is 0 Å². The molecule has 2 aromatic heterocycles. The number of hydrogen-bond acceptors (Lipinski definition) is 4. The first-order chi connectivity index (χ1) is 9.38. The molecule has 1 atom stereocenters. The fourth-order valence-electron chi connectivity index (χ4n) is 2.70. The molecule has 2 N–H and O–H groups in total. The second-order valence-electron chi connectivity index (χ2n) is 4.83. The van der Waals surface area contributed by atoms with Gasteiger partial charge in [-0.15, -0.1) is 0 Å². The maximum atomic E-state index is 5.67. The topological polar surface area (TPSA) is 55.0 Å². The van der Waals surface area contributed by atoms with Gasteiger partial charge >= 0.3 is 0 Å². The Morgan fingerprint density at radius 2 is 2.21 bits per heavy atom. The molecule has 1 fully saturated rings. The lowest BCUT2D eigenvalue weighted by Gasteiger charge is -2.26. The van der Waals surface area contributed by atoms with E-state index < -0.39 is 0 Å². The molecule has 0 aliphatic carbocycles. The van der Waals surface area contributed by atoms with E-state index in [1.807, 2.05) is 30.6 Å². The smallest absolute Gasteiger partial charge is 0.129 e. The third-order valence-corrected chi connectivity index (χ3v) is 3.62. The van der Waals surface area contributed by atoms with Crippen molar-refractivity contribution in [2.24, 2.45) is 5.73 Å². The van der Waals surface area contributed by atoms with Crippen molar-refractivity contribution in [3.63, 3.8) is 0 Å². The zero-order valence-corrected chi connectivity index (χ0v) is 10.9. The van der Waals surface area contributed by atoms with Crippen molar-refractivity contribution >= 4 is 5.82 Å². The van der Waals surface area contributed by atoms with E-state index in [4.69, 9.17) is 5.73 Å². The molecule has 19 heavy (non-hydrogen) atoms. The Morgan fingerprint density at radius 3 is 3.00 bits per heavy atom. The van der Waals surface area contributed by atoms with E-state index in [1.165, 1.54) is 12.0 Å². The highest BCUT2D eigenvalue weighted by molar-refractivity contribution is 5.44. The second kappa shape index (κ2) is 5.36. The molecule has 1 unspecified atom stereocenters. The molecule has 98 valence electrons. The molecule has 3 rings (SSSR count). The molecule has 1 aliphatic heterocycles. The van der Waals surface area contributed by atoms with Gasteiger partial charge in [0.1, 0.15) is 5.82 Å². The summed E-state index contributed by atoms with van der Waals surface area (Å²) in [5.41, 5.74) is 7.88. The molecular formula is C15H18N4. The molecule has 0 aromatic carbocycles. The summed E-state index contributed by atoms with van der Waals surface area (Å²) in [6.45, 7) is 1.53. The van der Waals surface area contributed by atoms with Crippen molar-refractivity contribution < 1.29 is 0 Å². The highest BCUT2D eigenvalue weighted by atomic mass is 15.2. The number of nitrogens with two attached hydrogens (primary N) is 1. The first kappa shape index (κ1) is 12.1. The summed E-state index contributed by atoms with van der Waals surface area (Å²) in [6.07, 6.45) is 6.11. The summed E-state index contributed by atoms with van der Waals surface area (Å²) in [5, 5.41) is 0. The van der Waals surface area contributed by atoms with E-state index in [1.54, 1.807) is 0 Å². The first-order valence-electron chi connectivity index (χ1n) is 6.71. The molecule has 4 heteroatoms. The van der Waals surface area contributed by atoms with Crippen molar-refractivity contribution in [3.8, 4) is 0 Å². The van der Waals surface area contributed by atoms with E-state index in [2.05, 4.69) is 27.0 Å². The third kappa shape index (κ3) is 2.44. The van der Waals surface area contributed by atoms with Gasteiger partial charge in [-0.3, -0.25) is 4.98 Å². The average molecular weight is 254 g/mol. The Kier molecular flexibility index (Phi) is 3.42. The molecule has 0 saturated carbocycles. The number of nitrogens with zero attached hydrogens (tertiary/aromatic N) is 3. The highest BCUT2D eigenvalue weighted by Gasteiger charge is 2.27. The summed E-state index contributed by atoms with van der Waals surface area (Å²) in [6, 6.07) is 10.6. The van der Waals surface area contributed by atoms with Crippen LogP contribution in [-0.4, -0.2) is 16.5 Å². The maximum absolute atomic E-state index is 5.67. The monoisotopic (exact) mass is 254 g/mol. The van der Waals surface area contributed by atoms with E-state index >= 15 is 0 Å². The maximum Gasteiger partial charge on any atom is 0.129 e. The SMILES string of the molecule is NCc1cccc(N2CCCC2c2cccnc2)n1. The number of aromatic nitrogens is 2. The van der Waals surface area contributed by atoms with Gasteiger partial charge in [0, 0.05) is 25.5 Å². The van der Waals surface area contributed by atoms with Crippen LogP contribution in [0, 0.1) is 0 Å². The Hall–Kier alpha value is -1.94. The van der Waals surface area contributed by atoms with Crippen LogP contribution in [0.1, 0.15) is 30.1 Å². The molecule has 0 bridgehead atoms. The number of anilines is 1. The van der Waals surface area contributed by atoms with Gasteiger partial charge in [-0.1, -0.05) is 12.1 Å². The van der Waals surface area contributed by atoms with Gasteiger partial charge in [-0.2, -0.15) is 0 Å². The van der Waals surface area contributed by atoms with Gasteiger partial charge in [0.15, 0.2) is 0 Å². The van der Waals surface area contributed by atoms with Gasteiger partial charge in [0.05, 0.1) is 11.7 Å². The predicted molar refractivity (Wildman–Crippen MR) is 75.7 cm³/mol. The van der Waals surface area contributed by atoms with Gasteiger partial charge in [-0.05, 0) is 36.6 Å². The molecular weight excluding hydrogens is 236 g/mol. The Balaban J connectivity index is 1.90. The summed E-state index contributed by atoms with van der Waals surface area (Å²) < 4.78 is 0. The normalized spacial score (nSPS) is 18.8. The lowest BCUT2D eigenvalue weighted by molar-refractivity contribution is 0.706. The van der Waals surface area contributed by atoms with E-state index in [0.717, 1.165) is 24.5 Å². The van der Waals surface area contributed by atoms with Crippen molar-refractivity contribution in [3.05, 3.63) is 54.0 Å². The molecule has 0 radical (unpaired) electrons. The van der Waals surface area contributed by atoms with Crippen LogP contribution in [0.5, 0.6) is 0 Å². The summed E-state index contributed by atoms with van der Waals surface area (Å²) in [7, 11) is 0. The van der Waals surface area contributed by atoms with Gasteiger partial charge in [-0.25, -0.2) is 4.98 Å². The molecule has 1 saturated heterocycles. The quantitative estimate of drug-likeness (QED) is 0.913. The Bertz CT molecular complexity index is 541. The molecule has 0 spiro atoms. The Labute approximate surface area is 113 Å². The third-order valence-electron chi connectivity index (χ3n) is 3.62. The highest BCUT2D eigenvalue weighted by Crippen LogP contribution is 2.34. The van der Waals surface area contributed by atoms with Gasteiger partial charge in [0.25, 0.3) is 0 Å². The number of hydrogen-bond donors (Lipinski definition) is 1. The fourth-order valence-corrected chi connectivity index (χ4v) is 2.70. The second-order valence-corrected chi connectivity index (χ2v) is 4.83. The summed E-state index contributed by atoms with van der Waals surface area (Å²) in [4.78, 5) is 11.2. The van der Waals surface area contributed by atoms with Gasteiger partial charge in [0.2, 0.25) is 0 Å². The largest absolute Gasteiger partial charge is 0.350 e. The lowest BCUT2D eigenvalue weighted by Crippen LogP contribution is -2.24. The minimum absolute atomic E-state index is 0.384. The van der Waals surface area contributed by atoms with Crippen LogP contribution >= 0.6 is 0 Å². The molecule has 0 amide bonds. The Morgan fingerprint density at radius 1 is 1.26 bits per heavy atom. The van der Waals surface area contributed by atoms with Crippen LogP contribution in [0.3, 0.4) is 0 Å². The molecule has 3 heterocycles. The number of rotatable bonds is 3. The first-order valence-corrected chi connectivity index (χ1v) is 6.71. The lowest BCUT2D eigenvalue weighted by atomic mass is 10.1. The fraction of sp³-hybridized carbons (Fsp3) is 0.333.